The first kappa shape index (κ1) is 42.7. The monoisotopic (exact) mass is 600 g/mol. The zero-order valence-corrected chi connectivity index (χ0v) is 27.6. The van der Waals surface area contributed by atoms with Crippen molar-refractivity contribution in [3.63, 3.8) is 0 Å². The summed E-state index contributed by atoms with van der Waals surface area (Å²) in [4.78, 5) is 41.1. The van der Waals surface area contributed by atoms with Crippen LogP contribution < -0.4 is 16.2 Å². The molecular formula is C30H64N4O4Si2. The van der Waals surface area contributed by atoms with E-state index in [1.807, 2.05) is 6.92 Å². The maximum Gasteiger partial charge on any atom is 0.314 e. The van der Waals surface area contributed by atoms with Crippen LogP contribution in [0, 0.1) is 6.92 Å². The maximum absolute atomic E-state index is 11.9. The van der Waals surface area contributed by atoms with Crippen molar-refractivity contribution in [3.05, 3.63) is 27.9 Å². The first-order chi connectivity index (χ1) is 17.8. The molecule has 1 heterocycles. The second-order valence-electron chi connectivity index (χ2n) is 11.3. The average Bonchev–Trinajstić information content (AvgIpc) is 2.78. The molecule has 0 saturated heterocycles. The summed E-state index contributed by atoms with van der Waals surface area (Å²) in [5, 5.41) is 5.47. The largest absolute Gasteiger partial charge is 0.455 e. The summed E-state index contributed by atoms with van der Waals surface area (Å²) in [7, 11) is -2.66. The number of nitrogens with one attached hydrogen (secondary N) is 3. The fourth-order valence-electron chi connectivity index (χ4n) is 4.46. The fraction of sp³-hybridized carbons (Fsp3) is 0.800. The second kappa shape index (κ2) is 23.9. The molecule has 0 aliphatic carbocycles. The summed E-state index contributed by atoms with van der Waals surface area (Å²) in [6, 6.07) is 3.94. The van der Waals surface area contributed by atoms with E-state index in [9.17, 15) is 14.4 Å². The number of amides is 2. The number of urea groups is 1. The number of nitrogens with zero attached hydrogens (tertiary/aromatic N) is 1. The number of carbonyl (C=O) groups is 2. The average molecular weight is 601 g/mol. The van der Waals surface area contributed by atoms with Crippen LogP contribution in [0.2, 0.25) is 38.3 Å². The molecule has 0 aliphatic heterocycles. The van der Waals surface area contributed by atoms with Crippen molar-refractivity contribution in [1.29, 1.82) is 0 Å². The molecule has 2 amide bonds. The molecule has 8 nitrogen and oxygen atoms in total. The van der Waals surface area contributed by atoms with Crippen molar-refractivity contribution < 1.29 is 13.7 Å². The molecule has 0 aromatic carbocycles. The number of carbonyl (C=O) groups excluding carboxylic acids is 2. The zero-order valence-electron chi connectivity index (χ0n) is 25.6. The number of unbranched alkanes of at least 4 members (excludes halogenated alkanes) is 5. The van der Waals surface area contributed by atoms with Gasteiger partial charge in [0.1, 0.15) is 11.6 Å². The van der Waals surface area contributed by atoms with Crippen molar-refractivity contribution in [2.24, 2.45) is 0 Å². The van der Waals surface area contributed by atoms with Crippen LogP contribution in [0.1, 0.15) is 105 Å². The first-order valence-corrected chi connectivity index (χ1v) is 20.9. The SMILES string of the molecule is C.C.CCCC[Si](C)(C)O[Si](C)(C)CCC.CCNC(=O)NCCCCCCCC(=O)Cc1nc(C)cc(=O)[nH]1. The number of aromatic amines is 1. The van der Waals surface area contributed by atoms with E-state index < -0.39 is 16.6 Å². The van der Waals surface area contributed by atoms with Gasteiger partial charge in [-0.3, -0.25) is 9.59 Å². The van der Waals surface area contributed by atoms with Crippen LogP contribution in [0.3, 0.4) is 0 Å². The lowest BCUT2D eigenvalue weighted by atomic mass is 10.1. The molecule has 0 bridgehead atoms. The minimum absolute atomic E-state index is 0. The highest BCUT2D eigenvalue weighted by Gasteiger charge is 2.31. The van der Waals surface area contributed by atoms with Gasteiger partial charge in [0.05, 0.1) is 6.42 Å². The molecule has 0 aliphatic rings. The van der Waals surface area contributed by atoms with E-state index >= 15 is 0 Å². The smallest absolute Gasteiger partial charge is 0.314 e. The van der Waals surface area contributed by atoms with Crippen LogP contribution in [-0.4, -0.2) is 51.5 Å². The number of Topliss-reactive ketones (excluding diaryl/α,β-unsaturated/α-hetero) is 1. The Morgan fingerprint density at radius 3 is 2.05 bits per heavy atom. The minimum atomic E-state index is -1.34. The number of ketones is 1. The molecule has 1 rings (SSSR count). The molecule has 0 fully saturated rings. The Morgan fingerprint density at radius 1 is 0.875 bits per heavy atom. The quantitative estimate of drug-likeness (QED) is 0.118. The van der Waals surface area contributed by atoms with Gasteiger partial charge < -0.3 is 19.7 Å². The highest BCUT2D eigenvalue weighted by atomic mass is 28.4. The molecule has 3 N–H and O–H groups in total. The molecule has 0 saturated carbocycles. The van der Waals surface area contributed by atoms with Gasteiger partial charge >= 0.3 is 6.03 Å². The second-order valence-corrected chi connectivity index (χ2v) is 20.2. The lowest BCUT2D eigenvalue weighted by Crippen LogP contribution is -2.44. The Kier molecular flexibility index (Phi) is 25.5. The third-order valence-corrected chi connectivity index (χ3v) is 13.8. The van der Waals surface area contributed by atoms with E-state index in [0.29, 0.717) is 31.0 Å². The van der Waals surface area contributed by atoms with Crippen molar-refractivity contribution >= 4 is 28.4 Å². The molecule has 0 unspecified atom stereocenters. The molecule has 0 spiro atoms. The summed E-state index contributed by atoms with van der Waals surface area (Å²) in [6.45, 7) is 19.0. The van der Waals surface area contributed by atoms with E-state index in [1.165, 1.54) is 37.4 Å². The van der Waals surface area contributed by atoms with Gasteiger partial charge in [0, 0.05) is 31.3 Å². The van der Waals surface area contributed by atoms with E-state index in [4.69, 9.17) is 4.12 Å². The molecular weight excluding hydrogens is 537 g/mol. The van der Waals surface area contributed by atoms with Gasteiger partial charge in [-0.15, -0.1) is 0 Å². The first-order valence-electron chi connectivity index (χ1n) is 14.6. The molecule has 10 heteroatoms. The molecule has 236 valence electrons. The van der Waals surface area contributed by atoms with Gasteiger partial charge in [-0.2, -0.15) is 0 Å². The van der Waals surface area contributed by atoms with Crippen molar-refractivity contribution in [1.82, 2.24) is 20.6 Å². The normalized spacial score (nSPS) is 10.9. The Balaban J connectivity index is -0.000000740. The van der Waals surface area contributed by atoms with Crippen LogP contribution in [-0.2, 0) is 15.3 Å². The Labute approximate surface area is 248 Å². The molecule has 0 radical (unpaired) electrons. The molecule has 40 heavy (non-hydrogen) atoms. The van der Waals surface area contributed by atoms with Gasteiger partial charge in [0.15, 0.2) is 16.6 Å². The summed E-state index contributed by atoms with van der Waals surface area (Å²) >= 11 is 0. The lowest BCUT2D eigenvalue weighted by molar-refractivity contribution is -0.118. The number of aromatic nitrogens is 2. The Hall–Kier alpha value is -1.79. The topological polar surface area (TPSA) is 113 Å². The minimum Gasteiger partial charge on any atom is -0.455 e. The summed E-state index contributed by atoms with van der Waals surface area (Å²) in [5.74, 6) is 0.545. The number of hydrogen-bond acceptors (Lipinski definition) is 5. The standard InChI is InChI=1S/C17H28N4O3.C11H28OSi2.2CH4/c1-3-18-17(24)19-10-8-6-4-5-7-9-14(22)12-15-20-13(2)11-16(23)21-15;1-7-9-11-14(5,6)12-13(3,4)10-8-2;;/h11H,3-10,12H2,1-2H3,(H2,18,19,24)(H,20,21,23);7-11H2,1-6H3;2*1H4. The van der Waals surface area contributed by atoms with E-state index in [2.05, 4.69) is 60.6 Å². The van der Waals surface area contributed by atoms with Crippen molar-refractivity contribution in [3.8, 4) is 0 Å². The zero-order chi connectivity index (χ0) is 29.0. The highest BCUT2D eigenvalue weighted by Crippen LogP contribution is 2.23. The van der Waals surface area contributed by atoms with Crippen LogP contribution in [0.15, 0.2) is 10.9 Å². The van der Waals surface area contributed by atoms with Gasteiger partial charge in [-0.1, -0.05) is 67.2 Å². The lowest BCUT2D eigenvalue weighted by Gasteiger charge is -2.34. The molecule has 0 atom stereocenters. The van der Waals surface area contributed by atoms with E-state index in [0.717, 1.165) is 32.1 Å². The number of rotatable bonds is 18. The summed E-state index contributed by atoms with van der Waals surface area (Å²) < 4.78 is 6.45. The van der Waals surface area contributed by atoms with Crippen LogP contribution in [0.4, 0.5) is 4.79 Å². The van der Waals surface area contributed by atoms with Gasteiger partial charge in [0.25, 0.3) is 5.56 Å². The Morgan fingerprint density at radius 2 is 1.48 bits per heavy atom. The summed E-state index contributed by atoms with van der Waals surface area (Å²) in [6.07, 6.45) is 9.48. The third-order valence-electron chi connectivity index (χ3n) is 6.08. The number of hydrogen-bond donors (Lipinski definition) is 3. The van der Waals surface area contributed by atoms with Gasteiger partial charge in [-0.25, -0.2) is 9.78 Å². The predicted octanol–water partition coefficient (Wildman–Crippen LogP) is 7.75. The third kappa shape index (κ3) is 24.0. The molecule has 1 aromatic rings. The molecule has 1 aromatic heterocycles. The van der Waals surface area contributed by atoms with Crippen LogP contribution in [0.25, 0.3) is 0 Å². The number of aryl methyl sites for hydroxylation is 1. The van der Waals surface area contributed by atoms with Crippen molar-refractivity contribution in [2.45, 2.75) is 145 Å². The number of H-pyrrole nitrogens is 1. The fourth-order valence-corrected chi connectivity index (χ4v) is 13.7. The van der Waals surface area contributed by atoms with Gasteiger partial charge in [-0.05, 0) is 65.0 Å². The predicted molar refractivity (Wildman–Crippen MR) is 177 cm³/mol. The van der Waals surface area contributed by atoms with Gasteiger partial charge in [0.2, 0.25) is 0 Å². The van der Waals surface area contributed by atoms with Crippen LogP contribution in [0.5, 0.6) is 0 Å². The maximum atomic E-state index is 11.9. The van der Waals surface area contributed by atoms with E-state index in [1.54, 1.807) is 6.92 Å². The van der Waals surface area contributed by atoms with E-state index in [-0.39, 0.29) is 38.6 Å². The van der Waals surface area contributed by atoms with Crippen LogP contribution >= 0.6 is 0 Å². The summed E-state index contributed by atoms with van der Waals surface area (Å²) in [5.41, 5.74) is 0.411. The highest BCUT2D eigenvalue weighted by molar-refractivity contribution is 6.84. The Bertz CT molecular complexity index is 860. The van der Waals surface area contributed by atoms with Crippen molar-refractivity contribution in [2.75, 3.05) is 13.1 Å².